The van der Waals surface area contributed by atoms with E-state index in [1.54, 1.807) is 0 Å². The lowest BCUT2D eigenvalue weighted by atomic mass is 9.87. The minimum Gasteiger partial charge on any atom is -0.375 e. The van der Waals surface area contributed by atoms with Gasteiger partial charge in [0.25, 0.3) is 0 Å². The van der Waals surface area contributed by atoms with Crippen LogP contribution in [0.5, 0.6) is 0 Å². The maximum Gasteiger partial charge on any atom is 0.0631 e. The van der Waals surface area contributed by atoms with Crippen molar-refractivity contribution in [1.29, 1.82) is 0 Å². The second-order valence-corrected chi connectivity index (χ2v) is 6.25. The van der Waals surface area contributed by atoms with Gasteiger partial charge in [-0.3, -0.25) is 0 Å². The van der Waals surface area contributed by atoms with Crippen LogP contribution in [-0.2, 0) is 5.54 Å². The molecule has 0 aliphatic heterocycles. The Labute approximate surface area is 132 Å². The van der Waals surface area contributed by atoms with E-state index >= 15 is 0 Å². The van der Waals surface area contributed by atoms with E-state index in [2.05, 4.69) is 56.4 Å². The third-order valence-corrected chi connectivity index (χ3v) is 3.85. The fourth-order valence-electron chi connectivity index (χ4n) is 2.31. The van der Waals surface area contributed by atoms with Gasteiger partial charge in [-0.2, -0.15) is 0 Å². The van der Waals surface area contributed by atoms with Crippen molar-refractivity contribution in [2.45, 2.75) is 32.7 Å². The highest BCUT2D eigenvalue weighted by Crippen LogP contribution is 2.31. The van der Waals surface area contributed by atoms with Crippen molar-refractivity contribution >= 4 is 17.3 Å². The first kappa shape index (κ1) is 15.7. The summed E-state index contributed by atoms with van der Waals surface area (Å²) in [7, 11) is 0. The van der Waals surface area contributed by atoms with Crippen molar-refractivity contribution in [2.24, 2.45) is 0 Å². The normalized spacial score (nSPS) is 13.3. The molecule has 2 aromatic carbocycles. The average molecular weight is 300 g/mol. The zero-order valence-electron chi connectivity index (χ0n) is 12.9. The molecule has 0 spiro atoms. The molecular formula is C19H22ClN. The van der Waals surface area contributed by atoms with E-state index in [1.807, 2.05) is 30.3 Å². The van der Waals surface area contributed by atoms with Crippen molar-refractivity contribution in [3.8, 4) is 0 Å². The van der Waals surface area contributed by atoms with Crippen LogP contribution >= 0.6 is 11.6 Å². The summed E-state index contributed by atoms with van der Waals surface area (Å²) in [5.41, 5.74) is 3.51. The van der Waals surface area contributed by atoms with Crippen molar-refractivity contribution in [3.63, 3.8) is 0 Å². The quantitative estimate of drug-likeness (QED) is 0.665. The standard InChI is InChI=1S/C19H22ClN/c1-15(2)13-14-19(3,16-9-11-17(20)12-10-16)21-18-7-5-4-6-8-18/h4-13,21H,14H2,1-3H3/t19-/m0/s1. The monoisotopic (exact) mass is 299 g/mol. The van der Waals surface area contributed by atoms with Crippen LogP contribution in [0.15, 0.2) is 66.2 Å². The number of benzene rings is 2. The number of hydrogen-bond donors (Lipinski definition) is 1. The van der Waals surface area contributed by atoms with Crippen LogP contribution in [0.3, 0.4) is 0 Å². The molecule has 0 bridgehead atoms. The number of para-hydroxylation sites is 1. The number of nitrogens with one attached hydrogen (secondary N) is 1. The molecule has 110 valence electrons. The van der Waals surface area contributed by atoms with Crippen LogP contribution in [0, 0.1) is 0 Å². The summed E-state index contributed by atoms with van der Waals surface area (Å²) in [6, 6.07) is 18.4. The van der Waals surface area contributed by atoms with E-state index in [-0.39, 0.29) is 5.54 Å². The smallest absolute Gasteiger partial charge is 0.0631 e. The van der Waals surface area contributed by atoms with Gasteiger partial charge in [-0.25, -0.2) is 0 Å². The molecule has 2 heteroatoms. The Hall–Kier alpha value is -1.73. The highest BCUT2D eigenvalue weighted by molar-refractivity contribution is 6.30. The number of rotatable bonds is 5. The van der Waals surface area contributed by atoms with Crippen LogP contribution in [0.1, 0.15) is 32.8 Å². The number of halogens is 1. The summed E-state index contributed by atoms with van der Waals surface area (Å²) < 4.78 is 0. The zero-order chi connectivity index (χ0) is 15.3. The second kappa shape index (κ2) is 6.82. The van der Waals surface area contributed by atoms with Crippen LogP contribution < -0.4 is 5.32 Å². The van der Waals surface area contributed by atoms with Crippen LogP contribution in [0.4, 0.5) is 5.69 Å². The van der Waals surface area contributed by atoms with Crippen molar-refractivity contribution in [2.75, 3.05) is 5.32 Å². The molecule has 2 aromatic rings. The summed E-state index contributed by atoms with van der Waals surface area (Å²) in [5.74, 6) is 0. The van der Waals surface area contributed by atoms with Gasteiger partial charge in [-0.1, -0.05) is 53.6 Å². The van der Waals surface area contributed by atoms with E-state index in [9.17, 15) is 0 Å². The first-order valence-electron chi connectivity index (χ1n) is 7.22. The van der Waals surface area contributed by atoms with Gasteiger partial charge < -0.3 is 5.32 Å². The predicted molar refractivity (Wildman–Crippen MR) is 92.9 cm³/mol. The second-order valence-electron chi connectivity index (χ2n) is 5.82. The predicted octanol–water partition coefficient (Wildman–Crippen LogP) is 6.02. The summed E-state index contributed by atoms with van der Waals surface area (Å²) in [4.78, 5) is 0. The van der Waals surface area contributed by atoms with Crippen LogP contribution in [0.25, 0.3) is 0 Å². The lowest BCUT2D eigenvalue weighted by molar-refractivity contribution is 0.550. The largest absolute Gasteiger partial charge is 0.375 e. The molecule has 0 saturated heterocycles. The Morgan fingerprint density at radius 2 is 1.67 bits per heavy atom. The minimum absolute atomic E-state index is 0.163. The molecule has 1 N–H and O–H groups in total. The fraction of sp³-hybridized carbons (Fsp3) is 0.263. The molecule has 0 fully saturated rings. The van der Waals surface area contributed by atoms with E-state index in [4.69, 9.17) is 11.6 Å². The van der Waals surface area contributed by atoms with Gasteiger partial charge in [0.1, 0.15) is 0 Å². The molecule has 0 aliphatic rings. The van der Waals surface area contributed by atoms with Crippen molar-refractivity contribution in [3.05, 3.63) is 76.8 Å². The van der Waals surface area contributed by atoms with Gasteiger partial charge in [0, 0.05) is 10.7 Å². The van der Waals surface area contributed by atoms with Gasteiger partial charge in [-0.05, 0) is 57.0 Å². The number of hydrogen-bond acceptors (Lipinski definition) is 1. The maximum absolute atomic E-state index is 6.02. The Balaban J connectivity index is 2.33. The molecule has 0 aliphatic carbocycles. The minimum atomic E-state index is -0.163. The molecular weight excluding hydrogens is 278 g/mol. The summed E-state index contributed by atoms with van der Waals surface area (Å²) in [6.45, 7) is 6.48. The molecule has 21 heavy (non-hydrogen) atoms. The third kappa shape index (κ3) is 4.37. The molecule has 2 rings (SSSR count). The molecule has 1 nitrogen and oxygen atoms in total. The zero-order valence-corrected chi connectivity index (χ0v) is 13.6. The highest BCUT2D eigenvalue weighted by Gasteiger charge is 2.25. The van der Waals surface area contributed by atoms with Gasteiger partial charge in [-0.15, -0.1) is 0 Å². The van der Waals surface area contributed by atoms with Gasteiger partial charge in [0.15, 0.2) is 0 Å². The Bertz CT molecular complexity index is 597. The maximum atomic E-state index is 6.02. The number of allylic oxidation sites excluding steroid dienone is 1. The van der Waals surface area contributed by atoms with E-state index < -0.39 is 0 Å². The molecule has 0 radical (unpaired) electrons. The average Bonchev–Trinajstić information content (AvgIpc) is 2.47. The third-order valence-electron chi connectivity index (χ3n) is 3.59. The Morgan fingerprint density at radius 3 is 2.24 bits per heavy atom. The molecule has 0 aromatic heterocycles. The van der Waals surface area contributed by atoms with E-state index in [0.717, 1.165) is 17.1 Å². The van der Waals surface area contributed by atoms with Crippen LogP contribution in [-0.4, -0.2) is 0 Å². The van der Waals surface area contributed by atoms with Crippen molar-refractivity contribution in [1.82, 2.24) is 0 Å². The van der Waals surface area contributed by atoms with E-state index in [1.165, 1.54) is 11.1 Å². The summed E-state index contributed by atoms with van der Waals surface area (Å²) in [5, 5.41) is 4.43. The van der Waals surface area contributed by atoms with Gasteiger partial charge in [0.05, 0.1) is 5.54 Å². The summed E-state index contributed by atoms with van der Waals surface area (Å²) >= 11 is 6.02. The number of anilines is 1. The SMILES string of the molecule is CC(C)=CC[C@](C)(Nc1ccccc1)c1ccc(Cl)cc1. The molecule has 0 amide bonds. The first-order valence-corrected chi connectivity index (χ1v) is 7.60. The van der Waals surface area contributed by atoms with Crippen LogP contribution in [0.2, 0.25) is 5.02 Å². The molecule has 0 unspecified atom stereocenters. The lowest BCUT2D eigenvalue weighted by Crippen LogP contribution is -2.31. The fourth-order valence-corrected chi connectivity index (χ4v) is 2.43. The molecule has 1 atom stereocenters. The van der Waals surface area contributed by atoms with Crippen molar-refractivity contribution < 1.29 is 0 Å². The Kier molecular flexibility index (Phi) is 5.08. The van der Waals surface area contributed by atoms with E-state index in [0.29, 0.717) is 0 Å². The highest BCUT2D eigenvalue weighted by atomic mass is 35.5. The molecule has 0 saturated carbocycles. The topological polar surface area (TPSA) is 12.0 Å². The lowest BCUT2D eigenvalue weighted by Gasteiger charge is -2.32. The van der Waals surface area contributed by atoms with Gasteiger partial charge >= 0.3 is 0 Å². The first-order chi connectivity index (χ1) is 9.99. The molecule has 0 heterocycles. The Morgan fingerprint density at radius 1 is 1.05 bits per heavy atom. The van der Waals surface area contributed by atoms with Gasteiger partial charge in [0.2, 0.25) is 0 Å². The summed E-state index contributed by atoms with van der Waals surface area (Å²) in [6.07, 6.45) is 3.19.